The van der Waals surface area contributed by atoms with E-state index in [2.05, 4.69) is 17.1 Å². The molecule has 1 fully saturated rings. The molecule has 0 saturated carbocycles. The first-order chi connectivity index (χ1) is 10.2. The molecular weight excluding hydrogens is 262 g/mol. The number of rotatable bonds is 6. The molecule has 4 heteroatoms. The van der Waals surface area contributed by atoms with Crippen molar-refractivity contribution in [3.8, 4) is 0 Å². The topological polar surface area (TPSA) is 58.4 Å². The van der Waals surface area contributed by atoms with Gasteiger partial charge in [-0.15, -0.1) is 0 Å². The summed E-state index contributed by atoms with van der Waals surface area (Å²) < 4.78 is 0. The van der Waals surface area contributed by atoms with E-state index in [9.17, 15) is 4.79 Å². The minimum atomic E-state index is 0.0537. The van der Waals surface area contributed by atoms with Gasteiger partial charge in [-0.1, -0.05) is 25.5 Å². The first-order valence-corrected chi connectivity index (χ1v) is 8.09. The van der Waals surface area contributed by atoms with Crippen molar-refractivity contribution in [3.63, 3.8) is 0 Å². The molecule has 2 rings (SSSR count). The number of nitrogen functional groups attached to an aromatic ring is 1. The number of nitrogens with zero attached hydrogens (tertiary/aromatic N) is 1. The van der Waals surface area contributed by atoms with Crippen LogP contribution in [0.25, 0.3) is 0 Å². The van der Waals surface area contributed by atoms with E-state index in [1.165, 1.54) is 32.2 Å². The largest absolute Gasteiger partial charge is 0.397 e. The van der Waals surface area contributed by atoms with Gasteiger partial charge < -0.3 is 16.0 Å². The van der Waals surface area contributed by atoms with E-state index < -0.39 is 0 Å². The number of hydrogen-bond acceptors (Lipinski definition) is 3. The predicted octanol–water partition coefficient (Wildman–Crippen LogP) is 3.25. The van der Waals surface area contributed by atoms with Crippen molar-refractivity contribution in [1.29, 1.82) is 0 Å². The quantitative estimate of drug-likeness (QED) is 0.790. The molecular formula is C17H27N3O. The highest BCUT2D eigenvalue weighted by atomic mass is 16.1. The molecule has 1 aromatic carbocycles. The van der Waals surface area contributed by atoms with Crippen LogP contribution in [0, 0.1) is 0 Å². The van der Waals surface area contributed by atoms with Crippen molar-refractivity contribution in [2.45, 2.75) is 51.5 Å². The van der Waals surface area contributed by atoms with Gasteiger partial charge in [-0.05, 0) is 50.9 Å². The average molecular weight is 289 g/mol. The van der Waals surface area contributed by atoms with Gasteiger partial charge in [0.05, 0.1) is 11.4 Å². The van der Waals surface area contributed by atoms with E-state index in [1.807, 2.05) is 18.2 Å². The normalized spacial score (nSPS) is 19.4. The average Bonchev–Trinajstić information content (AvgIpc) is 2.50. The maximum absolute atomic E-state index is 12.0. The van der Waals surface area contributed by atoms with Crippen LogP contribution < -0.4 is 11.1 Å². The van der Waals surface area contributed by atoms with E-state index in [-0.39, 0.29) is 5.91 Å². The van der Waals surface area contributed by atoms with Crippen LogP contribution in [0.15, 0.2) is 24.3 Å². The SMILES string of the molecule is CCC1CCCCN1CCCC(=O)Nc1ccccc1N. The molecule has 0 aromatic heterocycles. The lowest BCUT2D eigenvalue weighted by molar-refractivity contribution is -0.116. The number of nitrogens with two attached hydrogens (primary N) is 1. The second-order valence-corrected chi connectivity index (χ2v) is 5.83. The Morgan fingerprint density at radius 1 is 1.38 bits per heavy atom. The smallest absolute Gasteiger partial charge is 0.224 e. The number of piperidine rings is 1. The number of carbonyl (C=O) groups is 1. The van der Waals surface area contributed by atoms with Gasteiger partial charge in [0.1, 0.15) is 0 Å². The molecule has 1 unspecified atom stereocenters. The highest BCUT2D eigenvalue weighted by Crippen LogP contribution is 2.20. The summed E-state index contributed by atoms with van der Waals surface area (Å²) in [4.78, 5) is 14.5. The summed E-state index contributed by atoms with van der Waals surface area (Å²) in [7, 11) is 0. The lowest BCUT2D eigenvalue weighted by atomic mass is 10.00. The van der Waals surface area contributed by atoms with Crippen LogP contribution >= 0.6 is 0 Å². The molecule has 0 bridgehead atoms. The number of para-hydroxylation sites is 2. The monoisotopic (exact) mass is 289 g/mol. The highest BCUT2D eigenvalue weighted by Gasteiger charge is 2.20. The van der Waals surface area contributed by atoms with Crippen molar-refractivity contribution >= 4 is 17.3 Å². The molecule has 21 heavy (non-hydrogen) atoms. The van der Waals surface area contributed by atoms with Crippen LogP contribution in [0.5, 0.6) is 0 Å². The maximum atomic E-state index is 12.0. The van der Waals surface area contributed by atoms with Crippen LogP contribution in [0.1, 0.15) is 45.4 Å². The van der Waals surface area contributed by atoms with E-state index in [4.69, 9.17) is 5.73 Å². The standard InChI is InChI=1S/C17H27N3O/c1-2-14-8-5-6-12-20(14)13-7-11-17(21)19-16-10-4-3-9-15(16)18/h3-4,9-10,14H,2,5-8,11-13,18H2,1H3,(H,19,21). The van der Waals surface area contributed by atoms with Gasteiger partial charge in [0, 0.05) is 12.5 Å². The fourth-order valence-corrected chi connectivity index (χ4v) is 3.08. The third-order valence-corrected chi connectivity index (χ3v) is 4.30. The van der Waals surface area contributed by atoms with Crippen LogP contribution in [0.2, 0.25) is 0 Å². The summed E-state index contributed by atoms with van der Waals surface area (Å²) in [6, 6.07) is 8.10. The van der Waals surface area contributed by atoms with Crippen molar-refractivity contribution in [3.05, 3.63) is 24.3 Å². The Hall–Kier alpha value is -1.55. The van der Waals surface area contributed by atoms with E-state index in [0.29, 0.717) is 23.8 Å². The van der Waals surface area contributed by atoms with Gasteiger partial charge in [-0.3, -0.25) is 4.79 Å². The van der Waals surface area contributed by atoms with Gasteiger partial charge in [-0.25, -0.2) is 0 Å². The number of benzene rings is 1. The molecule has 3 N–H and O–H groups in total. The minimum absolute atomic E-state index is 0.0537. The van der Waals surface area contributed by atoms with E-state index >= 15 is 0 Å². The van der Waals surface area contributed by atoms with Crippen LogP contribution in [0.4, 0.5) is 11.4 Å². The molecule has 0 spiro atoms. The van der Waals surface area contributed by atoms with Crippen molar-refractivity contribution in [2.24, 2.45) is 0 Å². The lowest BCUT2D eigenvalue weighted by Gasteiger charge is -2.35. The van der Waals surface area contributed by atoms with Crippen LogP contribution in [-0.2, 0) is 4.79 Å². The number of nitrogens with one attached hydrogen (secondary N) is 1. The molecule has 0 aliphatic carbocycles. The summed E-state index contributed by atoms with van der Waals surface area (Å²) in [6.45, 7) is 4.47. The maximum Gasteiger partial charge on any atom is 0.224 e. The molecule has 1 atom stereocenters. The Morgan fingerprint density at radius 3 is 2.95 bits per heavy atom. The zero-order chi connectivity index (χ0) is 15.1. The Kier molecular flexibility index (Phi) is 6.05. The summed E-state index contributed by atoms with van der Waals surface area (Å²) >= 11 is 0. The van der Waals surface area contributed by atoms with Crippen molar-refractivity contribution < 1.29 is 4.79 Å². The zero-order valence-corrected chi connectivity index (χ0v) is 13.0. The fraction of sp³-hybridized carbons (Fsp3) is 0.588. The molecule has 1 aliphatic rings. The number of amides is 1. The van der Waals surface area contributed by atoms with Gasteiger partial charge >= 0.3 is 0 Å². The Morgan fingerprint density at radius 2 is 2.19 bits per heavy atom. The molecule has 1 aromatic rings. The molecule has 1 aliphatic heterocycles. The van der Waals surface area contributed by atoms with E-state index in [1.54, 1.807) is 6.07 Å². The van der Waals surface area contributed by atoms with Crippen molar-refractivity contribution in [2.75, 3.05) is 24.1 Å². The second-order valence-electron chi connectivity index (χ2n) is 5.83. The lowest BCUT2D eigenvalue weighted by Crippen LogP contribution is -2.39. The van der Waals surface area contributed by atoms with Crippen LogP contribution in [0.3, 0.4) is 0 Å². The first kappa shape index (κ1) is 15.8. The predicted molar refractivity (Wildman–Crippen MR) is 88.2 cm³/mol. The third-order valence-electron chi connectivity index (χ3n) is 4.30. The summed E-state index contributed by atoms with van der Waals surface area (Å²) in [5, 5.41) is 2.89. The highest BCUT2D eigenvalue weighted by molar-refractivity contribution is 5.93. The molecule has 1 amide bonds. The summed E-state index contributed by atoms with van der Waals surface area (Å²) in [6.07, 6.45) is 6.64. The zero-order valence-electron chi connectivity index (χ0n) is 13.0. The second kappa shape index (κ2) is 8.03. The number of anilines is 2. The van der Waals surface area contributed by atoms with Gasteiger partial charge in [-0.2, -0.15) is 0 Å². The Balaban J connectivity index is 1.73. The first-order valence-electron chi connectivity index (χ1n) is 8.09. The third kappa shape index (κ3) is 4.74. The molecule has 116 valence electrons. The van der Waals surface area contributed by atoms with Gasteiger partial charge in [0.25, 0.3) is 0 Å². The minimum Gasteiger partial charge on any atom is -0.397 e. The Bertz CT molecular complexity index is 461. The summed E-state index contributed by atoms with van der Waals surface area (Å²) in [5.74, 6) is 0.0537. The molecule has 1 heterocycles. The molecule has 1 saturated heterocycles. The fourth-order valence-electron chi connectivity index (χ4n) is 3.08. The van der Waals surface area contributed by atoms with E-state index in [0.717, 1.165) is 13.0 Å². The molecule has 4 nitrogen and oxygen atoms in total. The number of carbonyl (C=O) groups excluding carboxylic acids is 1. The Labute approximate surface area is 127 Å². The van der Waals surface area contributed by atoms with Crippen molar-refractivity contribution in [1.82, 2.24) is 4.90 Å². The van der Waals surface area contributed by atoms with Crippen LogP contribution in [-0.4, -0.2) is 29.9 Å². The van der Waals surface area contributed by atoms with Gasteiger partial charge in [0.15, 0.2) is 0 Å². The molecule has 0 radical (unpaired) electrons. The number of hydrogen-bond donors (Lipinski definition) is 2. The number of likely N-dealkylation sites (tertiary alicyclic amines) is 1. The summed E-state index contributed by atoms with van der Waals surface area (Å²) in [5.41, 5.74) is 7.16. The van der Waals surface area contributed by atoms with Gasteiger partial charge in [0.2, 0.25) is 5.91 Å².